The van der Waals surface area contributed by atoms with E-state index in [9.17, 15) is 13.6 Å². The second kappa shape index (κ2) is 8.60. The van der Waals surface area contributed by atoms with E-state index < -0.39 is 11.6 Å². The Morgan fingerprint density at radius 1 is 1.06 bits per heavy atom. The number of amides is 1. The molecule has 172 valence electrons. The normalized spacial score (nSPS) is 28.7. The Kier molecular flexibility index (Phi) is 5.80. The van der Waals surface area contributed by atoms with Crippen LogP contribution in [0.1, 0.15) is 72.9 Å². The molecule has 1 saturated carbocycles. The van der Waals surface area contributed by atoms with Crippen LogP contribution in [0.25, 0.3) is 0 Å². The van der Waals surface area contributed by atoms with Gasteiger partial charge in [0.05, 0.1) is 0 Å². The van der Waals surface area contributed by atoms with E-state index in [0.29, 0.717) is 18.3 Å². The Hall–Kier alpha value is -2.25. The third kappa shape index (κ3) is 3.86. The van der Waals surface area contributed by atoms with Gasteiger partial charge >= 0.3 is 0 Å². The molecule has 32 heavy (non-hydrogen) atoms. The third-order valence-electron chi connectivity index (χ3n) is 7.87. The summed E-state index contributed by atoms with van der Waals surface area (Å²) in [5.41, 5.74) is 0.348. The molecule has 2 saturated heterocycles. The summed E-state index contributed by atoms with van der Waals surface area (Å²) in [6.07, 6.45) is 6.75. The lowest BCUT2D eigenvalue weighted by molar-refractivity contribution is 0.0650. The number of aliphatic hydroxyl groups excluding tert-OH is 1. The van der Waals surface area contributed by atoms with Crippen molar-refractivity contribution in [3.8, 4) is 0 Å². The van der Waals surface area contributed by atoms with E-state index in [0.717, 1.165) is 58.0 Å². The van der Waals surface area contributed by atoms with Gasteiger partial charge in [-0.05, 0) is 81.2 Å². The molecule has 5 rings (SSSR count). The SMILES string of the molecule is O=C(c1ccc(CO)o1)N1CCC2(CCC(N3CCC[C@H]3c3c(F)cccc3F)CC2)C1. The van der Waals surface area contributed by atoms with Gasteiger partial charge in [-0.1, -0.05) is 6.07 Å². The molecule has 0 unspecified atom stereocenters. The average molecular weight is 445 g/mol. The van der Waals surface area contributed by atoms with Crippen molar-refractivity contribution in [1.29, 1.82) is 0 Å². The van der Waals surface area contributed by atoms with Crippen molar-refractivity contribution in [2.75, 3.05) is 19.6 Å². The fraction of sp³-hybridized carbons (Fsp3) is 0.560. The van der Waals surface area contributed by atoms with E-state index in [1.807, 2.05) is 4.90 Å². The summed E-state index contributed by atoms with van der Waals surface area (Å²) in [5.74, 6) is -0.318. The van der Waals surface area contributed by atoms with Crippen molar-refractivity contribution in [2.45, 2.75) is 63.6 Å². The Balaban J connectivity index is 1.23. The predicted octanol–water partition coefficient (Wildman–Crippen LogP) is 4.66. The van der Waals surface area contributed by atoms with Crippen LogP contribution in [0.2, 0.25) is 0 Å². The molecule has 7 heteroatoms. The molecular weight excluding hydrogens is 414 g/mol. The van der Waals surface area contributed by atoms with Crippen LogP contribution in [0.4, 0.5) is 8.78 Å². The van der Waals surface area contributed by atoms with E-state index in [2.05, 4.69) is 4.90 Å². The molecule has 1 amide bonds. The van der Waals surface area contributed by atoms with Crippen molar-refractivity contribution in [1.82, 2.24) is 9.80 Å². The number of halogens is 2. The van der Waals surface area contributed by atoms with Crippen LogP contribution in [-0.4, -0.2) is 46.5 Å². The van der Waals surface area contributed by atoms with Crippen molar-refractivity contribution in [3.05, 3.63) is 59.1 Å². The Bertz CT molecular complexity index is 963. The summed E-state index contributed by atoms with van der Waals surface area (Å²) in [6.45, 7) is 2.10. The maximum absolute atomic E-state index is 14.4. The first-order valence-electron chi connectivity index (χ1n) is 11.7. The van der Waals surface area contributed by atoms with Gasteiger partial charge in [-0.2, -0.15) is 0 Å². The van der Waals surface area contributed by atoms with Gasteiger partial charge in [-0.25, -0.2) is 8.78 Å². The zero-order chi connectivity index (χ0) is 22.3. The summed E-state index contributed by atoms with van der Waals surface area (Å²) >= 11 is 0. The van der Waals surface area contributed by atoms with E-state index in [4.69, 9.17) is 9.52 Å². The number of hydrogen-bond acceptors (Lipinski definition) is 4. The summed E-state index contributed by atoms with van der Waals surface area (Å²) in [4.78, 5) is 17.0. The van der Waals surface area contributed by atoms with Crippen LogP contribution in [0.15, 0.2) is 34.7 Å². The van der Waals surface area contributed by atoms with Gasteiger partial charge in [0.1, 0.15) is 24.0 Å². The van der Waals surface area contributed by atoms with Gasteiger partial charge in [-0.3, -0.25) is 9.69 Å². The van der Waals surface area contributed by atoms with E-state index in [1.54, 1.807) is 12.1 Å². The lowest BCUT2D eigenvalue weighted by Crippen LogP contribution is -2.42. The van der Waals surface area contributed by atoms with Crippen molar-refractivity contribution in [3.63, 3.8) is 0 Å². The highest BCUT2D eigenvalue weighted by Crippen LogP contribution is 2.47. The maximum atomic E-state index is 14.4. The fourth-order valence-electron chi connectivity index (χ4n) is 6.16. The quantitative estimate of drug-likeness (QED) is 0.745. The number of carbonyl (C=O) groups excluding carboxylic acids is 1. The topological polar surface area (TPSA) is 56.9 Å². The first kappa shape index (κ1) is 21.6. The molecule has 3 fully saturated rings. The first-order chi connectivity index (χ1) is 15.5. The second-order valence-electron chi connectivity index (χ2n) is 9.66. The molecule has 0 radical (unpaired) electrons. The van der Waals surface area contributed by atoms with Crippen molar-refractivity contribution >= 4 is 5.91 Å². The van der Waals surface area contributed by atoms with Crippen LogP contribution in [0, 0.1) is 17.0 Å². The molecule has 1 spiro atoms. The zero-order valence-electron chi connectivity index (χ0n) is 18.2. The number of hydrogen-bond donors (Lipinski definition) is 1. The fourth-order valence-corrected chi connectivity index (χ4v) is 6.16. The molecular formula is C25H30F2N2O3. The van der Waals surface area contributed by atoms with Gasteiger partial charge < -0.3 is 14.4 Å². The van der Waals surface area contributed by atoms with E-state index >= 15 is 0 Å². The van der Waals surface area contributed by atoms with Gasteiger partial charge in [-0.15, -0.1) is 0 Å². The Morgan fingerprint density at radius 2 is 1.81 bits per heavy atom. The summed E-state index contributed by atoms with van der Waals surface area (Å²) in [7, 11) is 0. The molecule has 1 aliphatic carbocycles. The molecule has 3 aliphatic rings. The number of likely N-dealkylation sites (tertiary alicyclic amines) is 2. The summed E-state index contributed by atoms with van der Waals surface area (Å²) in [5, 5.41) is 9.17. The molecule has 1 aromatic carbocycles. The lowest BCUT2D eigenvalue weighted by atomic mass is 9.71. The highest BCUT2D eigenvalue weighted by atomic mass is 19.1. The molecule has 1 aromatic heterocycles. The smallest absolute Gasteiger partial charge is 0.289 e. The molecule has 1 atom stereocenters. The minimum atomic E-state index is -0.443. The number of nitrogens with zero attached hydrogens (tertiary/aromatic N) is 2. The van der Waals surface area contributed by atoms with Crippen LogP contribution in [-0.2, 0) is 6.61 Å². The molecule has 2 aliphatic heterocycles. The number of aliphatic hydroxyl groups is 1. The summed E-state index contributed by atoms with van der Waals surface area (Å²) in [6, 6.07) is 7.55. The molecule has 0 bridgehead atoms. The second-order valence-corrected chi connectivity index (χ2v) is 9.66. The third-order valence-corrected chi connectivity index (χ3v) is 7.87. The number of benzene rings is 1. The molecule has 5 nitrogen and oxygen atoms in total. The Labute approximate surface area is 187 Å². The molecule has 3 heterocycles. The minimum Gasteiger partial charge on any atom is -0.453 e. The van der Waals surface area contributed by atoms with Crippen molar-refractivity contribution < 1.29 is 23.1 Å². The molecule has 1 N–H and O–H groups in total. The van der Waals surface area contributed by atoms with Crippen LogP contribution in [0.5, 0.6) is 0 Å². The van der Waals surface area contributed by atoms with Crippen molar-refractivity contribution in [2.24, 2.45) is 5.41 Å². The van der Waals surface area contributed by atoms with Gasteiger partial charge in [0.25, 0.3) is 5.91 Å². The Morgan fingerprint density at radius 3 is 2.50 bits per heavy atom. The monoisotopic (exact) mass is 444 g/mol. The number of rotatable bonds is 4. The van der Waals surface area contributed by atoms with Gasteiger partial charge in [0.15, 0.2) is 5.76 Å². The van der Waals surface area contributed by atoms with Gasteiger partial charge in [0.2, 0.25) is 0 Å². The number of furan rings is 1. The van der Waals surface area contributed by atoms with Crippen LogP contribution in [0.3, 0.4) is 0 Å². The van der Waals surface area contributed by atoms with E-state index in [-0.39, 0.29) is 35.3 Å². The van der Waals surface area contributed by atoms with Gasteiger partial charge in [0, 0.05) is 30.7 Å². The highest BCUT2D eigenvalue weighted by Gasteiger charge is 2.45. The highest BCUT2D eigenvalue weighted by molar-refractivity contribution is 5.91. The minimum absolute atomic E-state index is 0.113. The zero-order valence-corrected chi connectivity index (χ0v) is 18.2. The maximum Gasteiger partial charge on any atom is 0.289 e. The largest absolute Gasteiger partial charge is 0.453 e. The van der Waals surface area contributed by atoms with Crippen LogP contribution >= 0.6 is 0 Å². The lowest BCUT2D eigenvalue weighted by Gasteiger charge is -2.42. The standard InChI is InChI=1S/C25H30F2N2O3/c26-19-3-1-4-20(27)23(19)21-5-2-13-29(21)17-8-10-25(11-9-17)12-14-28(16-25)24(31)22-7-6-18(15-30)32-22/h1,3-4,6-7,17,21,30H,2,5,8-16H2/t17?,21-,25?/m0/s1. The average Bonchev–Trinajstić information content (AvgIpc) is 3.54. The van der Waals surface area contributed by atoms with Crippen LogP contribution < -0.4 is 0 Å². The summed E-state index contributed by atoms with van der Waals surface area (Å²) < 4.78 is 34.3. The first-order valence-corrected chi connectivity index (χ1v) is 11.7. The van der Waals surface area contributed by atoms with E-state index in [1.165, 1.54) is 18.2 Å². The molecule has 2 aromatic rings. The number of carbonyl (C=O) groups is 1. The predicted molar refractivity (Wildman–Crippen MR) is 115 cm³/mol.